The first kappa shape index (κ1) is 21.6. The molecular formula is C24H25N5O3. The third kappa shape index (κ3) is 4.68. The number of anilines is 1. The summed E-state index contributed by atoms with van der Waals surface area (Å²) < 4.78 is 0. The minimum absolute atomic E-state index is 0.315. The molecule has 4 heterocycles. The molecule has 0 bridgehead atoms. The lowest BCUT2D eigenvalue weighted by Gasteiger charge is -2.27. The van der Waals surface area contributed by atoms with Crippen molar-refractivity contribution in [3.63, 3.8) is 0 Å². The molecule has 8 heteroatoms. The molecule has 0 unspecified atom stereocenters. The second-order valence-electron chi connectivity index (χ2n) is 7.68. The Hall–Kier alpha value is -3.58. The number of hydrogen-bond donors (Lipinski definition) is 2. The Kier molecular flexibility index (Phi) is 6.56. The van der Waals surface area contributed by atoms with E-state index in [9.17, 15) is 9.59 Å². The second-order valence-corrected chi connectivity index (χ2v) is 7.68. The lowest BCUT2D eigenvalue weighted by molar-refractivity contribution is 0.0532. The van der Waals surface area contributed by atoms with Crippen molar-refractivity contribution in [2.45, 2.75) is 26.3 Å². The van der Waals surface area contributed by atoms with Crippen molar-refractivity contribution in [1.29, 1.82) is 0 Å². The molecule has 0 aromatic carbocycles. The number of nitrogens with zero attached hydrogens (tertiary/aromatic N) is 3. The zero-order valence-corrected chi connectivity index (χ0v) is 18.1. The molecule has 2 aromatic rings. The molecule has 4 rings (SSSR count). The van der Waals surface area contributed by atoms with Gasteiger partial charge in [0.15, 0.2) is 5.94 Å². The zero-order chi connectivity index (χ0) is 22.5. The Morgan fingerprint density at radius 1 is 1.31 bits per heavy atom. The van der Waals surface area contributed by atoms with Crippen LogP contribution in [0.1, 0.15) is 47.1 Å². The number of hydrogen-bond acceptors (Lipinski definition) is 7. The smallest absolute Gasteiger partial charge is 0.293 e. The van der Waals surface area contributed by atoms with Crippen LogP contribution in [-0.4, -0.2) is 46.9 Å². The van der Waals surface area contributed by atoms with E-state index in [2.05, 4.69) is 42.6 Å². The van der Waals surface area contributed by atoms with Gasteiger partial charge < -0.3 is 5.32 Å². The lowest BCUT2D eigenvalue weighted by Crippen LogP contribution is -2.28. The van der Waals surface area contributed by atoms with Gasteiger partial charge in [0.2, 0.25) is 0 Å². The van der Waals surface area contributed by atoms with E-state index >= 15 is 0 Å². The molecule has 0 spiro atoms. The molecule has 2 aliphatic rings. The highest BCUT2D eigenvalue weighted by molar-refractivity contribution is 5.91. The van der Waals surface area contributed by atoms with Gasteiger partial charge in [-0.25, -0.2) is 10.3 Å². The van der Waals surface area contributed by atoms with Crippen molar-refractivity contribution in [2.24, 2.45) is 0 Å². The molecule has 0 fully saturated rings. The van der Waals surface area contributed by atoms with Gasteiger partial charge in [-0.15, -0.1) is 0 Å². The summed E-state index contributed by atoms with van der Waals surface area (Å²) in [6.45, 7) is 4.49. The topological polar surface area (TPSA) is 96.5 Å². The fourth-order valence-corrected chi connectivity index (χ4v) is 3.88. The van der Waals surface area contributed by atoms with E-state index in [1.165, 1.54) is 12.7 Å². The first-order valence-electron chi connectivity index (χ1n) is 10.5. The SMILES string of the molecule is CCC1=Cc2ncc(CN3CC=C(c4ccc(C(=O)NOC)nc4)CC3)cc2NC1=C=O. The second kappa shape index (κ2) is 9.70. The van der Waals surface area contributed by atoms with Crippen molar-refractivity contribution < 1.29 is 14.4 Å². The molecule has 1 amide bonds. The van der Waals surface area contributed by atoms with Crippen LogP contribution in [0, 0.1) is 0 Å². The van der Waals surface area contributed by atoms with Crippen LogP contribution < -0.4 is 10.8 Å². The Morgan fingerprint density at radius 2 is 2.19 bits per heavy atom. The van der Waals surface area contributed by atoms with Crippen LogP contribution in [0.3, 0.4) is 0 Å². The van der Waals surface area contributed by atoms with Crippen molar-refractivity contribution in [2.75, 3.05) is 25.5 Å². The van der Waals surface area contributed by atoms with Crippen molar-refractivity contribution in [3.8, 4) is 0 Å². The predicted molar refractivity (Wildman–Crippen MR) is 122 cm³/mol. The van der Waals surface area contributed by atoms with Crippen molar-refractivity contribution in [1.82, 2.24) is 20.3 Å². The Bertz CT molecular complexity index is 1130. The van der Waals surface area contributed by atoms with Crippen LogP contribution in [0.4, 0.5) is 5.69 Å². The third-order valence-electron chi connectivity index (χ3n) is 5.61. The van der Waals surface area contributed by atoms with Gasteiger partial charge in [-0.05, 0) is 53.3 Å². The van der Waals surface area contributed by atoms with Crippen LogP contribution in [0.5, 0.6) is 0 Å². The average molecular weight is 431 g/mol. The van der Waals surface area contributed by atoms with Crippen molar-refractivity contribution in [3.05, 3.63) is 70.5 Å². The van der Waals surface area contributed by atoms with E-state index in [4.69, 9.17) is 0 Å². The monoisotopic (exact) mass is 431 g/mol. The van der Waals surface area contributed by atoms with Gasteiger partial charge in [0, 0.05) is 32.0 Å². The number of hydroxylamine groups is 1. The highest BCUT2D eigenvalue weighted by Crippen LogP contribution is 2.29. The van der Waals surface area contributed by atoms with Crippen LogP contribution in [0.15, 0.2) is 47.9 Å². The predicted octanol–water partition coefficient (Wildman–Crippen LogP) is 2.99. The van der Waals surface area contributed by atoms with Gasteiger partial charge in [-0.1, -0.05) is 19.1 Å². The Morgan fingerprint density at radius 3 is 2.84 bits per heavy atom. The summed E-state index contributed by atoms with van der Waals surface area (Å²) in [5, 5.41) is 3.16. The average Bonchev–Trinajstić information content (AvgIpc) is 2.84. The number of carbonyl (C=O) groups is 1. The largest absolute Gasteiger partial charge is 0.344 e. The van der Waals surface area contributed by atoms with Crippen LogP contribution in [-0.2, 0) is 16.2 Å². The fourth-order valence-electron chi connectivity index (χ4n) is 3.88. The van der Waals surface area contributed by atoms with Gasteiger partial charge in [0.25, 0.3) is 5.91 Å². The Labute approximate surface area is 186 Å². The van der Waals surface area contributed by atoms with Gasteiger partial charge in [-0.3, -0.25) is 24.5 Å². The summed E-state index contributed by atoms with van der Waals surface area (Å²) in [7, 11) is 1.39. The number of fused-ring (bicyclic) bond motifs is 1. The van der Waals surface area contributed by atoms with Gasteiger partial charge in [-0.2, -0.15) is 0 Å². The molecule has 0 saturated heterocycles. The number of rotatable bonds is 6. The maximum atomic E-state index is 11.8. The minimum atomic E-state index is -0.367. The molecule has 0 saturated carbocycles. The summed E-state index contributed by atoms with van der Waals surface area (Å²) in [6, 6.07) is 5.66. The molecule has 2 aromatic heterocycles. The van der Waals surface area contributed by atoms with Crippen LogP contribution in [0.2, 0.25) is 0 Å². The minimum Gasteiger partial charge on any atom is -0.344 e. The van der Waals surface area contributed by atoms with Crippen molar-refractivity contribution >= 4 is 29.2 Å². The molecule has 32 heavy (non-hydrogen) atoms. The van der Waals surface area contributed by atoms with E-state index in [1.54, 1.807) is 12.3 Å². The summed E-state index contributed by atoms with van der Waals surface area (Å²) in [4.78, 5) is 38.8. The summed E-state index contributed by atoms with van der Waals surface area (Å²) >= 11 is 0. The molecular weight excluding hydrogens is 406 g/mol. The molecule has 0 atom stereocenters. The quantitative estimate of drug-likeness (QED) is 0.536. The summed E-state index contributed by atoms with van der Waals surface area (Å²) in [5.41, 5.74) is 9.00. The highest BCUT2D eigenvalue weighted by Gasteiger charge is 2.18. The van der Waals surface area contributed by atoms with E-state index in [0.717, 1.165) is 60.6 Å². The molecule has 164 valence electrons. The summed E-state index contributed by atoms with van der Waals surface area (Å²) in [5.74, 6) is 1.62. The molecule has 0 radical (unpaired) electrons. The maximum Gasteiger partial charge on any atom is 0.293 e. The van der Waals surface area contributed by atoms with E-state index in [0.29, 0.717) is 11.4 Å². The van der Waals surface area contributed by atoms with E-state index < -0.39 is 0 Å². The standard InChI is InChI=1S/C24H25N5O3/c1-3-17-11-21-22(27-23(17)15-30)10-16(12-25-21)14-29-8-6-18(7-9-29)19-4-5-20(26-13-19)24(31)28-32-2/h4-6,10-13,27H,3,7-9,14H2,1-2H3,(H,28,31). The maximum absolute atomic E-state index is 11.8. The lowest BCUT2D eigenvalue weighted by atomic mass is 10.00. The van der Waals surface area contributed by atoms with Crippen LogP contribution >= 0.6 is 0 Å². The normalized spacial score (nSPS) is 15.8. The van der Waals surface area contributed by atoms with E-state index in [-0.39, 0.29) is 5.91 Å². The molecule has 2 N–H and O–H groups in total. The summed E-state index contributed by atoms with van der Waals surface area (Å²) in [6.07, 6.45) is 9.41. The Balaban J connectivity index is 1.41. The van der Waals surface area contributed by atoms with Gasteiger partial charge in [0.05, 0.1) is 18.5 Å². The third-order valence-corrected chi connectivity index (χ3v) is 5.61. The fraction of sp³-hybridized carbons (Fsp3) is 0.292. The molecule has 0 aliphatic carbocycles. The molecule has 8 nitrogen and oxygen atoms in total. The number of amides is 1. The highest BCUT2D eigenvalue weighted by atomic mass is 16.6. The first-order valence-corrected chi connectivity index (χ1v) is 10.5. The molecule has 2 aliphatic heterocycles. The number of nitrogens with one attached hydrogen (secondary N) is 2. The number of pyridine rings is 2. The first-order chi connectivity index (χ1) is 15.6. The van der Waals surface area contributed by atoms with E-state index in [1.807, 2.05) is 31.2 Å². The van der Waals surface area contributed by atoms with Gasteiger partial charge in [0.1, 0.15) is 11.4 Å². The number of allylic oxidation sites excluding steroid dienone is 1. The number of carbonyl (C=O) groups excluding carboxylic acids is 2. The zero-order valence-electron chi connectivity index (χ0n) is 18.1. The van der Waals surface area contributed by atoms with Crippen LogP contribution in [0.25, 0.3) is 11.6 Å². The number of aromatic nitrogens is 2. The van der Waals surface area contributed by atoms with Gasteiger partial charge >= 0.3 is 0 Å².